The van der Waals surface area contributed by atoms with E-state index in [1.807, 2.05) is 38.1 Å². The second kappa shape index (κ2) is 4.17. The molecule has 16 heavy (non-hydrogen) atoms. The van der Waals surface area contributed by atoms with E-state index in [0.717, 1.165) is 5.56 Å². The molecule has 0 unspecified atom stereocenters. The van der Waals surface area contributed by atoms with Crippen LogP contribution in [0.5, 0.6) is 0 Å². The number of benzene rings is 1. The number of carbonyl (C=O) groups is 1. The topological polar surface area (TPSA) is 29.5 Å². The van der Waals surface area contributed by atoms with Crippen LogP contribution >= 0.6 is 11.6 Å². The van der Waals surface area contributed by atoms with Gasteiger partial charge in [0.15, 0.2) is 5.78 Å². The molecule has 1 heterocycles. The van der Waals surface area contributed by atoms with Crippen molar-refractivity contribution in [3.05, 3.63) is 34.9 Å². The third-order valence-electron chi connectivity index (χ3n) is 2.93. The Morgan fingerprint density at radius 2 is 2.12 bits per heavy atom. The summed E-state index contributed by atoms with van der Waals surface area (Å²) in [6, 6.07) is 7.57. The van der Waals surface area contributed by atoms with E-state index in [-0.39, 0.29) is 12.4 Å². The van der Waals surface area contributed by atoms with Crippen molar-refractivity contribution in [2.75, 3.05) is 6.61 Å². The fourth-order valence-corrected chi connectivity index (χ4v) is 1.83. The van der Waals surface area contributed by atoms with Gasteiger partial charge >= 0.3 is 0 Å². The van der Waals surface area contributed by atoms with E-state index in [0.29, 0.717) is 11.6 Å². The number of carbonyl (C=O) groups excluding carboxylic acids is 1. The minimum Gasteiger partial charge on any atom is -0.295 e. The normalized spacial score (nSPS) is 20.3. The van der Waals surface area contributed by atoms with Crippen LogP contribution in [0, 0.1) is 0 Å². The van der Waals surface area contributed by atoms with Gasteiger partial charge in [-0.1, -0.05) is 29.8 Å². The van der Waals surface area contributed by atoms with Crippen LogP contribution in [0.3, 0.4) is 0 Å². The van der Waals surface area contributed by atoms with Crippen LogP contribution in [-0.4, -0.2) is 23.0 Å². The molecule has 1 aliphatic heterocycles. The molecule has 2 rings (SSSR count). The molecule has 3 nitrogen and oxygen atoms in total. The van der Waals surface area contributed by atoms with Gasteiger partial charge in [0.1, 0.15) is 12.1 Å². The minimum absolute atomic E-state index is 0.0968. The van der Waals surface area contributed by atoms with Gasteiger partial charge in [-0.05, 0) is 25.5 Å². The first-order valence-electron chi connectivity index (χ1n) is 5.19. The van der Waals surface area contributed by atoms with Gasteiger partial charge in [-0.15, -0.1) is 0 Å². The summed E-state index contributed by atoms with van der Waals surface area (Å²) in [6.45, 7) is 4.40. The van der Waals surface area contributed by atoms with E-state index < -0.39 is 5.54 Å². The molecule has 0 radical (unpaired) electrons. The summed E-state index contributed by atoms with van der Waals surface area (Å²) in [6.07, 6.45) is 0. The van der Waals surface area contributed by atoms with Gasteiger partial charge in [0.2, 0.25) is 0 Å². The van der Waals surface area contributed by atoms with Gasteiger partial charge in [0.05, 0.1) is 6.54 Å². The number of ketones is 1. The number of halogens is 1. The number of hydrogen-bond acceptors (Lipinski definition) is 3. The zero-order chi connectivity index (χ0) is 11.8. The summed E-state index contributed by atoms with van der Waals surface area (Å²) in [5.74, 6) is 0.0968. The van der Waals surface area contributed by atoms with Gasteiger partial charge in [-0.2, -0.15) is 5.06 Å². The van der Waals surface area contributed by atoms with Crippen molar-refractivity contribution in [2.45, 2.75) is 25.9 Å². The average Bonchev–Trinajstić information content (AvgIpc) is 2.48. The second-order valence-corrected chi connectivity index (χ2v) is 4.79. The van der Waals surface area contributed by atoms with Crippen LogP contribution in [-0.2, 0) is 16.2 Å². The zero-order valence-corrected chi connectivity index (χ0v) is 10.1. The number of rotatable bonds is 2. The highest BCUT2D eigenvalue weighted by molar-refractivity contribution is 6.31. The molecular formula is C12H14ClNO2. The van der Waals surface area contributed by atoms with Crippen molar-refractivity contribution in [1.29, 1.82) is 0 Å². The molecule has 1 aromatic rings. The Hall–Kier alpha value is -0.900. The van der Waals surface area contributed by atoms with E-state index in [2.05, 4.69) is 0 Å². The summed E-state index contributed by atoms with van der Waals surface area (Å²) < 4.78 is 0. The van der Waals surface area contributed by atoms with Gasteiger partial charge in [-0.25, -0.2) is 0 Å². The van der Waals surface area contributed by atoms with Crippen molar-refractivity contribution in [1.82, 2.24) is 5.06 Å². The minimum atomic E-state index is -0.570. The Kier molecular flexibility index (Phi) is 3.02. The lowest BCUT2D eigenvalue weighted by Gasteiger charge is -2.27. The van der Waals surface area contributed by atoms with E-state index in [4.69, 9.17) is 16.4 Å². The molecular weight excluding hydrogens is 226 g/mol. The fraction of sp³-hybridized carbons (Fsp3) is 0.417. The predicted octanol–water partition coefficient (Wildman–Crippen LogP) is 2.43. The Bertz CT molecular complexity index is 417. The second-order valence-electron chi connectivity index (χ2n) is 4.38. The van der Waals surface area contributed by atoms with Crippen LogP contribution < -0.4 is 0 Å². The number of hydrogen-bond donors (Lipinski definition) is 0. The van der Waals surface area contributed by atoms with E-state index in [1.54, 1.807) is 5.06 Å². The maximum absolute atomic E-state index is 11.6. The molecule has 1 aromatic carbocycles. The van der Waals surface area contributed by atoms with E-state index in [9.17, 15) is 4.79 Å². The van der Waals surface area contributed by atoms with E-state index >= 15 is 0 Å². The maximum atomic E-state index is 11.6. The number of nitrogens with zero attached hydrogens (tertiary/aromatic N) is 1. The molecule has 1 fully saturated rings. The van der Waals surface area contributed by atoms with Crippen molar-refractivity contribution >= 4 is 17.4 Å². The maximum Gasteiger partial charge on any atom is 0.182 e. The summed E-state index contributed by atoms with van der Waals surface area (Å²) in [7, 11) is 0. The first-order valence-corrected chi connectivity index (χ1v) is 5.57. The van der Waals surface area contributed by atoms with Crippen molar-refractivity contribution in [3.63, 3.8) is 0 Å². The smallest absolute Gasteiger partial charge is 0.182 e. The molecule has 0 N–H and O–H groups in total. The molecule has 0 aromatic heterocycles. The molecule has 4 heteroatoms. The molecule has 0 aliphatic carbocycles. The monoisotopic (exact) mass is 239 g/mol. The highest BCUT2D eigenvalue weighted by Crippen LogP contribution is 2.27. The Morgan fingerprint density at radius 3 is 2.69 bits per heavy atom. The van der Waals surface area contributed by atoms with Crippen molar-refractivity contribution < 1.29 is 9.63 Å². The number of hydroxylamine groups is 2. The van der Waals surface area contributed by atoms with Gasteiger partial charge in [0.25, 0.3) is 0 Å². The highest BCUT2D eigenvalue weighted by atomic mass is 35.5. The molecule has 0 bridgehead atoms. The quantitative estimate of drug-likeness (QED) is 0.794. The fourth-order valence-electron chi connectivity index (χ4n) is 1.64. The first kappa shape index (κ1) is 11.6. The van der Waals surface area contributed by atoms with Crippen LogP contribution in [0.4, 0.5) is 0 Å². The summed E-state index contributed by atoms with van der Waals surface area (Å²) in [5, 5.41) is 2.39. The molecule has 0 amide bonds. The molecule has 0 atom stereocenters. The van der Waals surface area contributed by atoms with Gasteiger partial charge in [-0.3, -0.25) is 9.63 Å². The van der Waals surface area contributed by atoms with E-state index in [1.165, 1.54) is 0 Å². The van der Waals surface area contributed by atoms with Gasteiger partial charge in [0, 0.05) is 5.02 Å². The Balaban J connectivity index is 2.18. The van der Waals surface area contributed by atoms with Crippen LogP contribution in [0.15, 0.2) is 24.3 Å². The third kappa shape index (κ3) is 1.98. The Morgan fingerprint density at radius 1 is 1.44 bits per heavy atom. The Labute approximate surface area is 99.9 Å². The third-order valence-corrected chi connectivity index (χ3v) is 3.30. The largest absolute Gasteiger partial charge is 0.295 e. The molecule has 0 spiro atoms. The SMILES string of the molecule is CC1(C)C(=O)CON1Cc1ccccc1Cl. The summed E-state index contributed by atoms with van der Waals surface area (Å²) in [4.78, 5) is 16.9. The molecule has 0 saturated carbocycles. The standard InChI is InChI=1S/C12H14ClNO2/c1-12(2)11(15)8-16-14(12)7-9-5-3-4-6-10(9)13/h3-6H,7-8H2,1-2H3. The predicted molar refractivity (Wildman–Crippen MR) is 62.0 cm³/mol. The highest BCUT2D eigenvalue weighted by Gasteiger charge is 2.41. The van der Waals surface area contributed by atoms with Crippen LogP contribution in [0.25, 0.3) is 0 Å². The van der Waals surface area contributed by atoms with Crippen LogP contribution in [0.2, 0.25) is 5.02 Å². The lowest BCUT2D eigenvalue weighted by Crippen LogP contribution is -2.41. The van der Waals surface area contributed by atoms with Gasteiger partial charge < -0.3 is 0 Å². The summed E-state index contributed by atoms with van der Waals surface area (Å²) >= 11 is 6.07. The lowest BCUT2D eigenvalue weighted by molar-refractivity contribution is -0.163. The molecule has 1 aliphatic rings. The van der Waals surface area contributed by atoms with Crippen molar-refractivity contribution in [2.24, 2.45) is 0 Å². The first-order chi connectivity index (χ1) is 7.51. The number of Topliss-reactive ketones (excluding diaryl/α,β-unsaturated/α-hetero) is 1. The molecule has 86 valence electrons. The zero-order valence-electron chi connectivity index (χ0n) is 9.37. The lowest BCUT2D eigenvalue weighted by atomic mass is 10.00. The summed E-state index contributed by atoms with van der Waals surface area (Å²) in [5.41, 5.74) is 0.394. The molecule has 1 saturated heterocycles. The average molecular weight is 240 g/mol. The van der Waals surface area contributed by atoms with Crippen molar-refractivity contribution in [3.8, 4) is 0 Å². The van der Waals surface area contributed by atoms with Crippen LogP contribution in [0.1, 0.15) is 19.4 Å².